The molecule has 0 bridgehead atoms. The maximum Gasteiger partial charge on any atom is 0.432 e. The minimum atomic E-state index is -0.682. The molecular weight excluding hydrogens is 206 g/mol. The van der Waals surface area contributed by atoms with Crippen molar-refractivity contribution in [2.24, 2.45) is 5.73 Å². The quantitative estimate of drug-likeness (QED) is 0.527. The van der Waals surface area contributed by atoms with Crippen LogP contribution in [0.15, 0.2) is 12.7 Å². The van der Waals surface area contributed by atoms with Crippen molar-refractivity contribution < 1.29 is 13.6 Å². The van der Waals surface area contributed by atoms with Crippen LogP contribution < -0.4 is 5.73 Å². The molecule has 14 heavy (non-hydrogen) atoms. The molecule has 3 amide bonds. The Labute approximate surface area is 87.4 Å². The molecule has 2 N–H and O–H groups in total. The Morgan fingerprint density at radius 2 is 2.43 bits per heavy atom. The Kier molecular flexibility index (Phi) is 3.13. The number of carbonyl (C=O) groups is 2. The van der Waals surface area contributed by atoms with E-state index in [4.69, 9.17) is 17.5 Å². The monoisotopic (exact) mass is 218 g/mol. The molecule has 0 aromatic heterocycles. The molecule has 1 aliphatic heterocycles. The van der Waals surface area contributed by atoms with E-state index in [1.165, 1.54) is 0 Å². The van der Waals surface area contributed by atoms with Gasteiger partial charge in [0.25, 0.3) is 5.91 Å². The van der Waals surface area contributed by atoms with Crippen molar-refractivity contribution in [3.8, 4) is 0 Å². The molecule has 0 aliphatic carbocycles. The fourth-order valence-electron chi connectivity index (χ4n) is 1.33. The van der Waals surface area contributed by atoms with Gasteiger partial charge in [-0.05, 0) is 0 Å². The van der Waals surface area contributed by atoms with Gasteiger partial charge in [-0.25, -0.2) is 4.79 Å². The number of amides is 3. The van der Waals surface area contributed by atoms with Crippen LogP contribution in [0.4, 0.5) is 4.79 Å². The lowest BCUT2D eigenvalue weighted by molar-refractivity contribution is -0.724. The molecule has 0 saturated carbocycles. The van der Waals surface area contributed by atoms with Crippen molar-refractivity contribution in [2.45, 2.75) is 0 Å². The van der Waals surface area contributed by atoms with Crippen LogP contribution >= 0.6 is 11.8 Å². The molecule has 0 spiro atoms. The number of hydrogen-bond acceptors (Lipinski definition) is 2. The summed E-state index contributed by atoms with van der Waals surface area (Å²) in [4.78, 5) is 24.0. The molecule has 1 unspecified atom stereocenters. The van der Waals surface area contributed by atoms with E-state index in [0.717, 1.165) is 0 Å². The van der Waals surface area contributed by atoms with E-state index >= 15 is 0 Å². The van der Waals surface area contributed by atoms with Crippen molar-refractivity contribution in [2.75, 3.05) is 26.2 Å². The molecule has 1 atom stereocenters. The van der Waals surface area contributed by atoms with Crippen LogP contribution in [-0.2, 0) is 4.79 Å². The van der Waals surface area contributed by atoms with Crippen molar-refractivity contribution in [1.82, 2.24) is 4.90 Å². The molecule has 0 aromatic carbocycles. The molecule has 78 valence electrons. The van der Waals surface area contributed by atoms with E-state index in [0.29, 0.717) is 19.6 Å². The Morgan fingerprint density at radius 3 is 2.86 bits per heavy atom. The molecule has 6 heteroatoms. The van der Waals surface area contributed by atoms with Gasteiger partial charge in [-0.2, -0.15) is 0 Å². The highest BCUT2D eigenvalue weighted by molar-refractivity contribution is 6.12. The van der Waals surface area contributed by atoms with Gasteiger partial charge in [-0.15, -0.1) is 10.6 Å². The standard InChI is InChI=1S/C8H12ClN3O2/c1-2-3-11-4-5-12(9,8(10)14)6-7(11)13/h2H,1,3-6H2,(H-,10,14)/p+1. The second kappa shape index (κ2) is 3.98. The third-order valence-electron chi connectivity index (χ3n) is 2.21. The highest BCUT2D eigenvalue weighted by Crippen LogP contribution is 2.17. The van der Waals surface area contributed by atoms with Gasteiger partial charge in [-0.3, -0.25) is 4.79 Å². The molecule has 1 saturated heterocycles. The minimum absolute atomic E-state index is 0.0786. The van der Waals surface area contributed by atoms with E-state index in [-0.39, 0.29) is 12.5 Å². The van der Waals surface area contributed by atoms with Gasteiger partial charge >= 0.3 is 6.03 Å². The summed E-state index contributed by atoms with van der Waals surface area (Å²) in [6.07, 6.45) is 1.64. The molecule has 0 radical (unpaired) electrons. The summed E-state index contributed by atoms with van der Waals surface area (Å²) in [6.45, 7) is 4.71. The lowest BCUT2D eigenvalue weighted by Gasteiger charge is -2.33. The van der Waals surface area contributed by atoms with Crippen LogP contribution in [0.5, 0.6) is 0 Å². The number of primary amides is 1. The van der Waals surface area contributed by atoms with Gasteiger partial charge in [0.15, 0.2) is 18.3 Å². The van der Waals surface area contributed by atoms with Gasteiger partial charge in [0.2, 0.25) is 0 Å². The molecule has 1 rings (SSSR count). The van der Waals surface area contributed by atoms with Gasteiger partial charge in [0.1, 0.15) is 6.54 Å². The largest absolute Gasteiger partial charge is 0.432 e. The first-order valence-electron chi connectivity index (χ1n) is 4.25. The fraction of sp³-hybridized carbons (Fsp3) is 0.500. The first-order valence-corrected chi connectivity index (χ1v) is 4.59. The van der Waals surface area contributed by atoms with Crippen LogP contribution in [0.25, 0.3) is 0 Å². The highest BCUT2D eigenvalue weighted by Gasteiger charge is 2.42. The Hall–Kier alpha value is -1.07. The number of piperazine rings is 1. The maximum absolute atomic E-state index is 11.5. The normalized spacial score (nSPS) is 27.5. The summed E-state index contributed by atoms with van der Waals surface area (Å²) in [5.74, 6) is -0.176. The number of nitrogens with zero attached hydrogens (tertiary/aromatic N) is 2. The van der Waals surface area contributed by atoms with Gasteiger partial charge in [-0.1, -0.05) is 6.08 Å². The van der Waals surface area contributed by atoms with E-state index in [1.807, 2.05) is 0 Å². The topological polar surface area (TPSA) is 63.4 Å². The third kappa shape index (κ3) is 2.05. The highest BCUT2D eigenvalue weighted by atomic mass is 35.5. The zero-order chi connectivity index (χ0) is 10.8. The van der Waals surface area contributed by atoms with E-state index in [2.05, 4.69) is 6.58 Å². The molecule has 0 aromatic rings. The summed E-state index contributed by atoms with van der Waals surface area (Å²) in [7, 11) is 0. The van der Waals surface area contributed by atoms with Crippen LogP contribution in [0.3, 0.4) is 0 Å². The second-order valence-corrected chi connectivity index (χ2v) is 3.86. The summed E-state index contributed by atoms with van der Waals surface area (Å²) in [6, 6.07) is -0.682. The molecule has 5 nitrogen and oxygen atoms in total. The first-order chi connectivity index (χ1) is 6.49. The summed E-state index contributed by atoms with van der Waals surface area (Å²) in [5, 5.41) is 0. The van der Waals surface area contributed by atoms with Crippen molar-refractivity contribution in [3.05, 3.63) is 12.7 Å². The summed E-state index contributed by atoms with van der Waals surface area (Å²) >= 11 is 5.86. The van der Waals surface area contributed by atoms with Crippen LogP contribution in [0.1, 0.15) is 0 Å². The number of rotatable bonds is 2. The molecular formula is C8H13ClN3O2+. The SMILES string of the molecule is C=CCN1CC[N+](Cl)(C(N)=O)CC1=O. The van der Waals surface area contributed by atoms with E-state index in [9.17, 15) is 9.59 Å². The summed E-state index contributed by atoms with van der Waals surface area (Å²) < 4.78 is -0.521. The Bertz CT molecular complexity index is 282. The molecule has 1 fully saturated rings. The average molecular weight is 219 g/mol. The van der Waals surface area contributed by atoms with Gasteiger partial charge < -0.3 is 10.6 Å². The predicted molar refractivity (Wildman–Crippen MR) is 52.2 cm³/mol. The average Bonchev–Trinajstić information content (AvgIpc) is 2.10. The second-order valence-electron chi connectivity index (χ2n) is 3.21. The number of carbonyl (C=O) groups excluding carboxylic acids is 2. The lowest BCUT2D eigenvalue weighted by atomic mass is 10.3. The van der Waals surface area contributed by atoms with Crippen molar-refractivity contribution >= 4 is 23.7 Å². The number of halogens is 1. The zero-order valence-corrected chi connectivity index (χ0v) is 8.54. The molecule has 1 heterocycles. The van der Waals surface area contributed by atoms with Crippen LogP contribution in [0, 0.1) is 0 Å². The molecule has 1 aliphatic rings. The van der Waals surface area contributed by atoms with Gasteiger partial charge in [0.05, 0.1) is 6.54 Å². The predicted octanol–water partition coefficient (Wildman–Crippen LogP) is 0.0639. The maximum atomic E-state index is 11.5. The van der Waals surface area contributed by atoms with Gasteiger partial charge in [0, 0.05) is 6.54 Å². The third-order valence-corrected chi connectivity index (χ3v) is 2.66. The number of nitrogens with two attached hydrogens (primary N) is 1. The van der Waals surface area contributed by atoms with Crippen molar-refractivity contribution in [3.63, 3.8) is 0 Å². The Morgan fingerprint density at radius 1 is 1.79 bits per heavy atom. The smallest absolute Gasteiger partial charge is 0.328 e. The Balaban J connectivity index is 2.67. The first kappa shape index (κ1) is 11.0. The van der Waals surface area contributed by atoms with Crippen molar-refractivity contribution in [1.29, 1.82) is 0 Å². The minimum Gasteiger partial charge on any atom is -0.328 e. The summed E-state index contributed by atoms with van der Waals surface area (Å²) in [5.41, 5.74) is 5.09. The number of quaternary nitrogens is 1. The number of hydrogen-bond donors (Lipinski definition) is 1. The van der Waals surface area contributed by atoms with E-state index < -0.39 is 10.0 Å². The van der Waals surface area contributed by atoms with Crippen LogP contribution in [0.2, 0.25) is 0 Å². The zero-order valence-electron chi connectivity index (χ0n) is 7.78. The lowest BCUT2D eigenvalue weighted by Crippen LogP contribution is -2.61. The number of urea groups is 1. The van der Waals surface area contributed by atoms with E-state index in [1.54, 1.807) is 11.0 Å². The van der Waals surface area contributed by atoms with Crippen LogP contribution in [-0.4, -0.2) is 47.0 Å². The fourth-order valence-corrected chi connectivity index (χ4v) is 1.51.